The first-order valence-corrected chi connectivity index (χ1v) is 7.67. The van der Waals surface area contributed by atoms with E-state index in [0.29, 0.717) is 16.5 Å². The van der Waals surface area contributed by atoms with E-state index in [2.05, 4.69) is 26.3 Å². The summed E-state index contributed by atoms with van der Waals surface area (Å²) in [4.78, 5) is 5.41. The van der Waals surface area contributed by atoms with Gasteiger partial charge in [-0.3, -0.25) is 15.7 Å². The lowest BCUT2D eigenvalue weighted by Crippen LogP contribution is -2.30. The molecule has 3 N–H and O–H groups in total. The summed E-state index contributed by atoms with van der Waals surface area (Å²) in [6.45, 7) is 0. The van der Waals surface area contributed by atoms with Crippen molar-refractivity contribution in [1.82, 2.24) is 14.8 Å². The van der Waals surface area contributed by atoms with Gasteiger partial charge in [0.25, 0.3) is 0 Å². The minimum Gasteiger partial charge on any atom is -0.297 e. The SMILES string of the molecule is NNC(Cc1cn2ccsc2n1)c1c(F)cccc1Br. The number of nitrogens with two attached hydrogens (primary N) is 1. The molecule has 0 saturated carbocycles. The lowest BCUT2D eigenvalue weighted by molar-refractivity contribution is 0.505. The third kappa shape index (κ3) is 2.49. The molecular weight excluding hydrogens is 343 g/mol. The molecule has 3 aromatic rings. The summed E-state index contributed by atoms with van der Waals surface area (Å²) < 4.78 is 16.6. The van der Waals surface area contributed by atoms with Crippen LogP contribution in [0, 0.1) is 5.82 Å². The smallest absolute Gasteiger partial charge is 0.193 e. The monoisotopic (exact) mass is 354 g/mol. The normalized spacial score (nSPS) is 12.9. The molecule has 7 heteroatoms. The molecule has 0 saturated heterocycles. The molecule has 1 unspecified atom stereocenters. The van der Waals surface area contributed by atoms with Crippen LogP contribution in [0.2, 0.25) is 0 Å². The highest BCUT2D eigenvalue weighted by Crippen LogP contribution is 2.28. The molecule has 0 fully saturated rings. The molecule has 3 rings (SSSR count). The number of hydrazine groups is 1. The molecule has 1 aromatic carbocycles. The number of hydrogen-bond donors (Lipinski definition) is 2. The van der Waals surface area contributed by atoms with Crippen molar-refractivity contribution >= 4 is 32.2 Å². The van der Waals surface area contributed by atoms with Crippen molar-refractivity contribution in [2.75, 3.05) is 0 Å². The molecule has 0 bridgehead atoms. The molecule has 104 valence electrons. The van der Waals surface area contributed by atoms with E-state index in [1.807, 2.05) is 22.2 Å². The minimum atomic E-state index is -0.338. The number of nitrogens with zero attached hydrogens (tertiary/aromatic N) is 2. The number of halogens is 2. The lowest BCUT2D eigenvalue weighted by atomic mass is 10.0. The average molecular weight is 355 g/mol. The fraction of sp³-hybridized carbons (Fsp3) is 0.154. The molecule has 2 aromatic heterocycles. The second-order valence-corrected chi connectivity index (χ2v) is 6.11. The van der Waals surface area contributed by atoms with Crippen molar-refractivity contribution in [1.29, 1.82) is 0 Å². The van der Waals surface area contributed by atoms with Crippen LogP contribution < -0.4 is 11.3 Å². The molecule has 4 nitrogen and oxygen atoms in total. The van der Waals surface area contributed by atoms with Gasteiger partial charge in [0.2, 0.25) is 0 Å². The maximum Gasteiger partial charge on any atom is 0.193 e. The summed E-state index contributed by atoms with van der Waals surface area (Å²) in [5.41, 5.74) is 4.06. The van der Waals surface area contributed by atoms with Gasteiger partial charge in [-0.15, -0.1) is 11.3 Å². The summed E-state index contributed by atoms with van der Waals surface area (Å²) in [6, 6.07) is 4.54. The van der Waals surface area contributed by atoms with E-state index >= 15 is 0 Å². The quantitative estimate of drug-likeness (QED) is 0.559. The van der Waals surface area contributed by atoms with Crippen molar-refractivity contribution in [2.24, 2.45) is 5.84 Å². The predicted molar refractivity (Wildman–Crippen MR) is 80.9 cm³/mol. The Morgan fingerprint density at radius 2 is 2.35 bits per heavy atom. The van der Waals surface area contributed by atoms with Crippen molar-refractivity contribution in [3.8, 4) is 0 Å². The first-order chi connectivity index (χ1) is 9.69. The molecule has 2 heterocycles. The van der Waals surface area contributed by atoms with E-state index in [-0.39, 0.29) is 11.9 Å². The Morgan fingerprint density at radius 3 is 3.05 bits per heavy atom. The van der Waals surface area contributed by atoms with Crippen molar-refractivity contribution < 1.29 is 4.39 Å². The lowest BCUT2D eigenvalue weighted by Gasteiger charge is -2.17. The van der Waals surface area contributed by atoms with Gasteiger partial charge in [0.05, 0.1) is 11.7 Å². The van der Waals surface area contributed by atoms with Gasteiger partial charge in [-0.1, -0.05) is 22.0 Å². The molecule has 1 atom stereocenters. The number of aromatic nitrogens is 2. The third-order valence-corrected chi connectivity index (χ3v) is 4.57. The van der Waals surface area contributed by atoms with Gasteiger partial charge in [-0.05, 0) is 12.1 Å². The summed E-state index contributed by atoms with van der Waals surface area (Å²) >= 11 is 4.93. The second-order valence-electron chi connectivity index (χ2n) is 4.38. The topological polar surface area (TPSA) is 55.3 Å². The molecule has 0 radical (unpaired) electrons. The first kappa shape index (κ1) is 13.7. The highest BCUT2D eigenvalue weighted by atomic mass is 79.9. The van der Waals surface area contributed by atoms with Crippen LogP contribution in [-0.4, -0.2) is 9.38 Å². The summed E-state index contributed by atoms with van der Waals surface area (Å²) in [5.74, 6) is 5.30. The fourth-order valence-corrected chi connectivity index (χ4v) is 3.51. The van der Waals surface area contributed by atoms with Crippen molar-refractivity contribution in [3.63, 3.8) is 0 Å². The van der Waals surface area contributed by atoms with Crippen LogP contribution >= 0.6 is 27.3 Å². The Morgan fingerprint density at radius 1 is 1.50 bits per heavy atom. The van der Waals surface area contributed by atoms with E-state index in [1.54, 1.807) is 23.5 Å². The van der Waals surface area contributed by atoms with Gasteiger partial charge in [-0.2, -0.15) is 0 Å². The maximum absolute atomic E-state index is 14.0. The third-order valence-electron chi connectivity index (χ3n) is 3.11. The van der Waals surface area contributed by atoms with Crippen LogP contribution in [0.25, 0.3) is 4.96 Å². The van der Waals surface area contributed by atoms with E-state index in [0.717, 1.165) is 10.7 Å². The summed E-state index contributed by atoms with van der Waals surface area (Å²) in [6.07, 6.45) is 4.40. The van der Waals surface area contributed by atoms with Gasteiger partial charge in [0, 0.05) is 34.2 Å². The van der Waals surface area contributed by atoms with Crippen LogP contribution in [0.5, 0.6) is 0 Å². The van der Waals surface area contributed by atoms with Gasteiger partial charge in [0.1, 0.15) is 5.82 Å². The van der Waals surface area contributed by atoms with Gasteiger partial charge < -0.3 is 0 Å². The summed E-state index contributed by atoms with van der Waals surface area (Å²) in [5, 5.41) is 1.97. The zero-order valence-corrected chi connectivity index (χ0v) is 12.8. The largest absolute Gasteiger partial charge is 0.297 e. The second kappa shape index (κ2) is 5.61. The zero-order chi connectivity index (χ0) is 14.1. The highest BCUT2D eigenvalue weighted by molar-refractivity contribution is 9.10. The van der Waals surface area contributed by atoms with Gasteiger partial charge in [-0.25, -0.2) is 9.37 Å². The molecular formula is C13H12BrFN4S. The minimum absolute atomic E-state index is 0.289. The number of benzene rings is 1. The van der Waals surface area contributed by atoms with Crippen LogP contribution in [0.1, 0.15) is 17.3 Å². The Kier molecular flexibility index (Phi) is 3.84. The Bertz CT molecular complexity index is 690. The summed E-state index contributed by atoms with van der Waals surface area (Å²) in [7, 11) is 0. The standard InChI is InChI=1S/C13H12BrFN4S/c14-9-2-1-3-10(15)12(9)11(18-16)6-8-7-19-4-5-20-13(19)17-8/h1-5,7,11,18H,6,16H2. The van der Waals surface area contributed by atoms with Gasteiger partial charge >= 0.3 is 0 Å². The number of thiazole rings is 1. The van der Waals surface area contributed by atoms with E-state index < -0.39 is 0 Å². The molecule has 20 heavy (non-hydrogen) atoms. The highest BCUT2D eigenvalue weighted by Gasteiger charge is 2.19. The Balaban J connectivity index is 1.92. The number of imidazole rings is 1. The molecule has 0 aliphatic heterocycles. The Hall–Kier alpha value is -1.28. The van der Waals surface area contributed by atoms with Crippen LogP contribution in [0.3, 0.4) is 0 Å². The van der Waals surface area contributed by atoms with Crippen molar-refractivity contribution in [3.05, 3.63) is 57.5 Å². The molecule has 0 spiro atoms. The predicted octanol–water partition coefficient (Wildman–Crippen LogP) is 3.04. The van der Waals surface area contributed by atoms with Crippen LogP contribution in [-0.2, 0) is 6.42 Å². The van der Waals surface area contributed by atoms with E-state index in [9.17, 15) is 4.39 Å². The van der Waals surface area contributed by atoms with E-state index in [4.69, 9.17) is 5.84 Å². The molecule has 0 aliphatic rings. The van der Waals surface area contributed by atoms with Crippen molar-refractivity contribution in [2.45, 2.75) is 12.5 Å². The average Bonchev–Trinajstić information content (AvgIpc) is 2.98. The number of fused-ring (bicyclic) bond motifs is 1. The molecule has 0 aliphatic carbocycles. The number of rotatable bonds is 4. The number of hydrogen-bond acceptors (Lipinski definition) is 4. The number of nitrogens with one attached hydrogen (secondary N) is 1. The zero-order valence-electron chi connectivity index (χ0n) is 10.4. The molecule has 0 amide bonds. The Labute approximate surface area is 127 Å². The van der Waals surface area contributed by atoms with Crippen LogP contribution in [0.4, 0.5) is 4.39 Å². The van der Waals surface area contributed by atoms with Crippen LogP contribution in [0.15, 0.2) is 40.4 Å². The maximum atomic E-state index is 14.0. The van der Waals surface area contributed by atoms with Gasteiger partial charge in [0.15, 0.2) is 4.96 Å². The first-order valence-electron chi connectivity index (χ1n) is 6.00. The van der Waals surface area contributed by atoms with E-state index in [1.165, 1.54) is 6.07 Å². The fourth-order valence-electron chi connectivity index (χ4n) is 2.17.